The van der Waals surface area contributed by atoms with E-state index in [0.29, 0.717) is 33.7 Å². The number of para-hydroxylation sites is 6. The highest BCUT2D eigenvalue weighted by Crippen LogP contribution is 2.55. The minimum absolute atomic E-state index is 0.458. The molecule has 5 aromatic heterocycles. The summed E-state index contributed by atoms with van der Waals surface area (Å²) in [6.07, 6.45) is 0. The third-order valence-electron chi connectivity index (χ3n) is 16.1. The summed E-state index contributed by atoms with van der Waals surface area (Å²) in [5.41, 5.74) is 18.7. The second-order valence-corrected chi connectivity index (χ2v) is 20.4. The molecule has 79 heavy (non-hydrogen) atoms. The van der Waals surface area contributed by atoms with E-state index in [1.54, 1.807) is 0 Å². The Balaban J connectivity index is 1.20. The zero-order valence-electron chi connectivity index (χ0n) is 42.8. The molecule has 16 rings (SSSR count). The van der Waals surface area contributed by atoms with Crippen LogP contribution < -0.4 is 0 Å². The first-order valence-corrected chi connectivity index (χ1v) is 26.7. The maximum absolute atomic E-state index is 12.7. The number of fused-ring (bicyclic) bond motifs is 12. The number of pyridine rings is 1. The van der Waals surface area contributed by atoms with Crippen molar-refractivity contribution in [2.75, 3.05) is 0 Å². The quantitative estimate of drug-likeness (QED) is 0.159. The van der Waals surface area contributed by atoms with E-state index in [4.69, 9.17) is 13.8 Å². The molecule has 6 nitrogen and oxygen atoms in total. The van der Waals surface area contributed by atoms with Crippen molar-refractivity contribution >= 4 is 87.5 Å². The third kappa shape index (κ3) is 6.67. The second-order valence-electron chi connectivity index (χ2n) is 20.4. The molecule has 0 saturated heterocycles. The van der Waals surface area contributed by atoms with E-state index in [2.05, 4.69) is 228 Å². The average molecular weight is 1010 g/mol. The van der Waals surface area contributed by atoms with Crippen LogP contribution in [-0.4, -0.2) is 14.1 Å². The Hall–Kier alpha value is -10.7. The Morgan fingerprint density at radius 1 is 0.354 bits per heavy atom. The molecule has 0 N–H and O–H groups in total. The van der Waals surface area contributed by atoms with Crippen molar-refractivity contribution in [2.24, 2.45) is 0 Å². The number of benzene rings is 11. The monoisotopic (exact) mass is 1010 g/mol. The lowest BCUT2D eigenvalue weighted by Gasteiger charge is -2.27. The van der Waals surface area contributed by atoms with Gasteiger partial charge in [0.15, 0.2) is 0 Å². The molecule has 0 saturated carbocycles. The first-order valence-electron chi connectivity index (χ1n) is 26.7. The number of nitrogens with zero attached hydrogens (tertiary/aromatic N) is 4. The van der Waals surface area contributed by atoms with Crippen molar-refractivity contribution in [3.8, 4) is 73.2 Å². The van der Waals surface area contributed by atoms with Crippen LogP contribution in [0.25, 0.3) is 155 Å². The van der Waals surface area contributed by atoms with Gasteiger partial charge in [-0.1, -0.05) is 188 Å². The Bertz CT molecular complexity index is 5220. The molecular weight excluding hydrogens is 965 g/mol. The molecule has 0 aliphatic heterocycles. The number of furan rings is 2. The topological polar surface area (TPSA) is 72.8 Å². The van der Waals surface area contributed by atoms with Crippen molar-refractivity contribution in [1.82, 2.24) is 14.1 Å². The molecule has 16 aromatic rings. The summed E-state index contributed by atoms with van der Waals surface area (Å²) >= 11 is 0. The van der Waals surface area contributed by atoms with Crippen LogP contribution in [0.2, 0.25) is 0 Å². The molecule has 0 atom stereocenters. The van der Waals surface area contributed by atoms with Gasteiger partial charge in [0.05, 0.1) is 44.7 Å². The van der Waals surface area contributed by atoms with Crippen LogP contribution in [0.15, 0.2) is 258 Å². The molecule has 368 valence electrons. The van der Waals surface area contributed by atoms with E-state index in [0.717, 1.165) is 132 Å². The minimum Gasteiger partial charge on any atom is -0.455 e. The van der Waals surface area contributed by atoms with Gasteiger partial charge >= 0.3 is 0 Å². The molecule has 0 fully saturated rings. The van der Waals surface area contributed by atoms with Crippen LogP contribution in [-0.2, 0) is 0 Å². The van der Waals surface area contributed by atoms with Gasteiger partial charge in [0.25, 0.3) is 0 Å². The van der Waals surface area contributed by atoms with Crippen LogP contribution >= 0.6 is 0 Å². The summed E-state index contributed by atoms with van der Waals surface area (Å²) in [5.74, 6) is 0. The van der Waals surface area contributed by atoms with Crippen LogP contribution in [0.4, 0.5) is 0 Å². The summed E-state index contributed by atoms with van der Waals surface area (Å²) < 4.78 is 19.0. The van der Waals surface area contributed by atoms with E-state index in [9.17, 15) is 5.26 Å². The third-order valence-corrected chi connectivity index (χ3v) is 16.1. The number of aryl methyl sites for hydroxylation is 1. The largest absolute Gasteiger partial charge is 0.455 e. The predicted molar refractivity (Wildman–Crippen MR) is 324 cm³/mol. The van der Waals surface area contributed by atoms with Gasteiger partial charge < -0.3 is 18.0 Å². The fourth-order valence-electron chi connectivity index (χ4n) is 12.7. The summed E-state index contributed by atoms with van der Waals surface area (Å²) in [4.78, 5) is 5.49. The number of hydrogen-bond donors (Lipinski definition) is 0. The maximum atomic E-state index is 12.7. The van der Waals surface area contributed by atoms with Gasteiger partial charge in [-0.25, -0.2) is 0 Å². The summed E-state index contributed by atoms with van der Waals surface area (Å²) in [6.45, 7) is 2.03. The van der Waals surface area contributed by atoms with Gasteiger partial charge in [-0.3, -0.25) is 4.98 Å². The molecule has 0 aliphatic rings. The molecule has 0 radical (unpaired) electrons. The van der Waals surface area contributed by atoms with E-state index in [1.807, 2.05) is 43.3 Å². The average Bonchev–Trinajstić information content (AvgIpc) is 4.08. The van der Waals surface area contributed by atoms with Crippen LogP contribution in [0, 0.1) is 18.3 Å². The zero-order chi connectivity index (χ0) is 52.3. The van der Waals surface area contributed by atoms with Crippen LogP contribution in [0.3, 0.4) is 0 Å². The number of hydrogen-bond acceptors (Lipinski definition) is 4. The zero-order valence-corrected chi connectivity index (χ0v) is 42.8. The predicted octanol–water partition coefficient (Wildman–Crippen LogP) is 19.6. The van der Waals surface area contributed by atoms with E-state index in [1.165, 1.54) is 0 Å². The Labute approximate surface area is 453 Å². The lowest BCUT2D eigenvalue weighted by molar-refractivity contribution is 0.669. The van der Waals surface area contributed by atoms with Crippen LogP contribution in [0.1, 0.15) is 11.3 Å². The van der Waals surface area contributed by atoms with Crippen molar-refractivity contribution in [1.29, 1.82) is 5.26 Å². The molecule has 0 bridgehead atoms. The van der Waals surface area contributed by atoms with Gasteiger partial charge in [-0.2, -0.15) is 5.26 Å². The molecule has 0 spiro atoms. The fourth-order valence-corrected chi connectivity index (χ4v) is 12.7. The Morgan fingerprint density at radius 3 is 1.33 bits per heavy atom. The smallest absolute Gasteiger partial charge is 0.143 e. The van der Waals surface area contributed by atoms with E-state index in [-0.39, 0.29) is 0 Å². The van der Waals surface area contributed by atoms with Crippen LogP contribution in [0.5, 0.6) is 0 Å². The minimum atomic E-state index is 0.458. The lowest BCUT2D eigenvalue weighted by Crippen LogP contribution is -2.11. The van der Waals surface area contributed by atoms with Gasteiger partial charge in [-0.05, 0) is 89.8 Å². The van der Waals surface area contributed by atoms with Gasteiger partial charge in [-0.15, -0.1) is 0 Å². The molecule has 5 heterocycles. The van der Waals surface area contributed by atoms with E-state index < -0.39 is 0 Å². The first kappa shape index (κ1) is 44.5. The number of nitriles is 1. The highest BCUT2D eigenvalue weighted by Gasteiger charge is 2.35. The normalized spacial score (nSPS) is 11.8. The van der Waals surface area contributed by atoms with Crippen molar-refractivity contribution in [3.63, 3.8) is 0 Å². The summed E-state index contributed by atoms with van der Waals surface area (Å²) in [7, 11) is 0. The highest BCUT2D eigenvalue weighted by atomic mass is 16.3. The number of aromatic nitrogens is 3. The molecule has 6 heteroatoms. The number of rotatable bonds is 7. The standard InChI is InChI=1S/C73H44N4O2/c1-44-19-16-32-60(75-44)69-67(55-30-17-28-53-51-26-10-14-35-65(51)78-72(53)55)59(43-74)70(76-61-33-12-8-24-49(61)57-41-47(37-39-63(57)76)45-20-4-2-5-21-45)68(56-31-18-29-54-52-27-11-15-36-66(52)79-73(54)56)71(69)77-62-34-13-9-25-50(62)58-42-48(38-40-64(58)77)46-22-6-3-7-23-46/h2-42H,1H3. The Kier molecular flexibility index (Phi) is 9.81. The molecular formula is C73H44N4O2. The highest BCUT2D eigenvalue weighted by molar-refractivity contribution is 6.20. The van der Waals surface area contributed by atoms with Crippen molar-refractivity contribution < 1.29 is 8.83 Å². The van der Waals surface area contributed by atoms with Gasteiger partial charge in [0.2, 0.25) is 0 Å². The summed E-state index contributed by atoms with van der Waals surface area (Å²) in [6, 6.07) is 90.3. The van der Waals surface area contributed by atoms with Crippen molar-refractivity contribution in [3.05, 3.63) is 260 Å². The molecule has 11 aromatic carbocycles. The molecule has 0 amide bonds. The van der Waals surface area contributed by atoms with Gasteiger partial charge in [0, 0.05) is 76.6 Å². The molecule has 0 aliphatic carbocycles. The second kappa shape index (κ2) is 17.4. The van der Waals surface area contributed by atoms with Crippen molar-refractivity contribution in [2.45, 2.75) is 6.92 Å². The molecule has 0 unspecified atom stereocenters. The fraction of sp³-hybridized carbons (Fsp3) is 0.0137. The van der Waals surface area contributed by atoms with Gasteiger partial charge in [0.1, 0.15) is 28.4 Å². The SMILES string of the molecule is Cc1cccc(-c2c(-c3cccc4c3oc3ccccc34)c(C#N)c(-n3c4ccccc4c4cc(-c5ccccc5)ccc43)c(-c3cccc4c3oc3ccccc34)c2-n2c3ccccc3c3cc(-c4ccccc4)ccc32)n1. The first-order chi connectivity index (χ1) is 39.1. The Morgan fingerprint density at radius 2 is 0.797 bits per heavy atom. The summed E-state index contributed by atoms with van der Waals surface area (Å²) in [5, 5.41) is 20.9. The van der Waals surface area contributed by atoms with E-state index >= 15 is 0 Å². The maximum Gasteiger partial charge on any atom is 0.143 e. The lowest BCUT2D eigenvalue weighted by atomic mass is 9.83.